The van der Waals surface area contributed by atoms with Crippen molar-refractivity contribution in [2.24, 2.45) is 5.92 Å². The maximum atomic E-state index is 11.7. The number of carbonyl (C=O) groups excluding carboxylic acids is 1. The van der Waals surface area contributed by atoms with Crippen molar-refractivity contribution >= 4 is 5.91 Å². The van der Waals surface area contributed by atoms with Gasteiger partial charge in [0.1, 0.15) is 0 Å². The van der Waals surface area contributed by atoms with Crippen molar-refractivity contribution in [1.29, 1.82) is 0 Å². The Balaban J connectivity index is 2.45. The topological polar surface area (TPSA) is 40.5 Å². The molecule has 1 N–H and O–H groups in total. The van der Waals surface area contributed by atoms with E-state index in [-0.39, 0.29) is 11.8 Å². The van der Waals surface area contributed by atoms with Crippen LogP contribution in [0.3, 0.4) is 0 Å². The number of amides is 1. The van der Waals surface area contributed by atoms with Crippen LogP contribution < -0.4 is 0 Å². The molecule has 1 aliphatic heterocycles. The fourth-order valence-corrected chi connectivity index (χ4v) is 1.74. The standard InChI is InChI=1S/C10H19NO2/c1-3-9(12)8(2)10(13)11-6-4-5-7-11/h8-9,12H,3-7H2,1-2H3/t8-,9-/m0/s1. The summed E-state index contributed by atoms with van der Waals surface area (Å²) in [6.07, 6.45) is 2.40. The maximum Gasteiger partial charge on any atom is 0.228 e. The van der Waals surface area contributed by atoms with Gasteiger partial charge in [-0.2, -0.15) is 0 Å². The van der Waals surface area contributed by atoms with Crippen LogP contribution in [0, 0.1) is 5.92 Å². The molecule has 3 heteroatoms. The Morgan fingerprint density at radius 3 is 2.46 bits per heavy atom. The Hall–Kier alpha value is -0.570. The predicted octanol–water partition coefficient (Wildman–Crippen LogP) is 1.02. The van der Waals surface area contributed by atoms with Crippen LogP contribution in [0.25, 0.3) is 0 Å². The quantitative estimate of drug-likeness (QED) is 0.713. The van der Waals surface area contributed by atoms with Gasteiger partial charge >= 0.3 is 0 Å². The third kappa shape index (κ3) is 2.44. The monoisotopic (exact) mass is 185 g/mol. The number of carbonyl (C=O) groups is 1. The minimum atomic E-state index is -0.479. The second-order valence-electron chi connectivity index (χ2n) is 3.80. The highest BCUT2D eigenvalue weighted by Gasteiger charge is 2.26. The Labute approximate surface area is 79.7 Å². The number of aliphatic hydroxyl groups is 1. The van der Waals surface area contributed by atoms with Gasteiger partial charge in [0.05, 0.1) is 12.0 Å². The smallest absolute Gasteiger partial charge is 0.228 e. The largest absolute Gasteiger partial charge is 0.392 e. The fourth-order valence-electron chi connectivity index (χ4n) is 1.74. The molecule has 3 nitrogen and oxygen atoms in total. The van der Waals surface area contributed by atoms with Gasteiger partial charge in [0.15, 0.2) is 0 Å². The number of hydrogen-bond donors (Lipinski definition) is 1. The highest BCUT2D eigenvalue weighted by molar-refractivity contribution is 5.79. The molecule has 13 heavy (non-hydrogen) atoms. The van der Waals surface area contributed by atoms with Gasteiger partial charge in [0, 0.05) is 13.1 Å². The van der Waals surface area contributed by atoms with Crippen molar-refractivity contribution in [2.75, 3.05) is 13.1 Å². The molecule has 0 bridgehead atoms. The molecule has 76 valence electrons. The first-order chi connectivity index (χ1) is 6.16. The van der Waals surface area contributed by atoms with E-state index < -0.39 is 6.10 Å². The van der Waals surface area contributed by atoms with E-state index in [2.05, 4.69) is 0 Å². The normalized spacial score (nSPS) is 21.6. The summed E-state index contributed by atoms with van der Waals surface area (Å²) >= 11 is 0. The number of nitrogens with zero attached hydrogens (tertiary/aromatic N) is 1. The molecule has 0 radical (unpaired) electrons. The van der Waals surface area contributed by atoms with E-state index in [0.717, 1.165) is 25.9 Å². The lowest BCUT2D eigenvalue weighted by atomic mass is 10.0. The van der Waals surface area contributed by atoms with E-state index in [1.54, 1.807) is 0 Å². The van der Waals surface area contributed by atoms with E-state index in [4.69, 9.17) is 0 Å². The lowest BCUT2D eigenvalue weighted by Crippen LogP contribution is -2.37. The van der Waals surface area contributed by atoms with E-state index >= 15 is 0 Å². The van der Waals surface area contributed by atoms with E-state index in [0.29, 0.717) is 6.42 Å². The van der Waals surface area contributed by atoms with E-state index in [1.807, 2.05) is 18.7 Å². The lowest BCUT2D eigenvalue weighted by Gasteiger charge is -2.23. The Bertz CT molecular complexity index is 176. The summed E-state index contributed by atoms with van der Waals surface area (Å²) in [5, 5.41) is 9.51. The highest BCUT2D eigenvalue weighted by atomic mass is 16.3. The summed E-state index contributed by atoms with van der Waals surface area (Å²) in [4.78, 5) is 13.6. The van der Waals surface area contributed by atoms with Crippen LogP contribution in [-0.4, -0.2) is 35.1 Å². The van der Waals surface area contributed by atoms with Crippen LogP contribution in [0.2, 0.25) is 0 Å². The average molecular weight is 185 g/mol. The third-order valence-electron chi connectivity index (χ3n) is 2.80. The van der Waals surface area contributed by atoms with Crippen molar-refractivity contribution in [2.45, 2.75) is 39.2 Å². The minimum Gasteiger partial charge on any atom is -0.392 e. The van der Waals surface area contributed by atoms with E-state index in [1.165, 1.54) is 0 Å². The lowest BCUT2D eigenvalue weighted by molar-refractivity contribution is -0.137. The zero-order chi connectivity index (χ0) is 9.84. The van der Waals surface area contributed by atoms with Crippen molar-refractivity contribution in [3.05, 3.63) is 0 Å². The molecule has 1 heterocycles. The van der Waals surface area contributed by atoms with Gasteiger partial charge in [0.2, 0.25) is 5.91 Å². The van der Waals surface area contributed by atoms with Gasteiger partial charge in [-0.3, -0.25) is 4.79 Å². The number of rotatable bonds is 3. The van der Waals surface area contributed by atoms with Crippen LogP contribution in [0.4, 0.5) is 0 Å². The molecular weight excluding hydrogens is 166 g/mol. The third-order valence-corrected chi connectivity index (χ3v) is 2.80. The molecule has 0 aromatic heterocycles. The predicted molar refractivity (Wildman–Crippen MR) is 51.3 cm³/mol. The molecule has 0 aliphatic carbocycles. The summed E-state index contributed by atoms with van der Waals surface area (Å²) in [5.41, 5.74) is 0. The first-order valence-corrected chi connectivity index (χ1v) is 5.13. The average Bonchev–Trinajstić information content (AvgIpc) is 2.67. The summed E-state index contributed by atoms with van der Waals surface area (Å²) in [5.74, 6) is -0.116. The number of hydrogen-bond acceptors (Lipinski definition) is 2. The van der Waals surface area contributed by atoms with Crippen molar-refractivity contribution < 1.29 is 9.90 Å². The van der Waals surface area contributed by atoms with Gasteiger partial charge in [0.25, 0.3) is 0 Å². The van der Waals surface area contributed by atoms with Gasteiger partial charge in [-0.05, 0) is 19.3 Å². The molecule has 0 aromatic carbocycles. The first kappa shape index (κ1) is 10.5. The van der Waals surface area contributed by atoms with E-state index in [9.17, 15) is 9.90 Å². The molecule has 1 fully saturated rings. The summed E-state index contributed by atoms with van der Waals surface area (Å²) in [6, 6.07) is 0. The summed E-state index contributed by atoms with van der Waals surface area (Å²) < 4.78 is 0. The second-order valence-corrected chi connectivity index (χ2v) is 3.80. The fraction of sp³-hybridized carbons (Fsp3) is 0.900. The Morgan fingerprint density at radius 1 is 1.46 bits per heavy atom. The molecule has 2 atom stereocenters. The minimum absolute atomic E-state index is 0.117. The number of aliphatic hydroxyl groups excluding tert-OH is 1. The van der Waals surface area contributed by atoms with Crippen molar-refractivity contribution in [1.82, 2.24) is 4.90 Å². The molecule has 1 rings (SSSR count). The van der Waals surface area contributed by atoms with Gasteiger partial charge in [-0.25, -0.2) is 0 Å². The second kappa shape index (κ2) is 4.61. The molecule has 0 saturated carbocycles. The van der Waals surface area contributed by atoms with Crippen LogP contribution in [-0.2, 0) is 4.79 Å². The van der Waals surface area contributed by atoms with Crippen LogP contribution in [0.5, 0.6) is 0 Å². The van der Waals surface area contributed by atoms with Crippen molar-refractivity contribution in [3.8, 4) is 0 Å². The van der Waals surface area contributed by atoms with Gasteiger partial charge in [-0.1, -0.05) is 13.8 Å². The van der Waals surface area contributed by atoms with Crippen LogP contribution in [0.1, 0.15) is 33.1 Å². The highest BCUT2D eigenvalue weighted by Crippen LogP contribution is 2.15. The zero-order valence-electron chi connectivity index (χ0n) is 8.49. The number of likely N-dealkylation sites (tertiary alicyclic amines) is 1. The SMILES string of the molecule is CC[C@H](O)[C@H](C)C(=O)N1CCCC1. The molecule has 1 aliphatic rings. The van der Waals surface area contributed by atoms with Gasteiger partial charge in [-0.15, -0.1) is 0 Å². The van der Waals surface area contributed by atoms with Gasteiger partial charge < -0.3 is 10.0 Å². The molecular formula is C10H19NO2. The molecule has 0 aromatic rings. The van der Waals surface area contributed by atoms with Crippen molar-refractivity contribution in [3.63, 3.8) is 0 Å². The summed E-state index contributed by atoms with van der Waals surface area (Å²) in [7, 11) is 0. The summed E-state index contributed by atoms with van der Waals surface area (Å²) in [6.45, 7) is 5.46. The maximum absolute atomic E-state index is 11.7. The molecule has 0 unspecified atom stereocenters. The molecule has 1 amide bonds. The Kier molecular flexibility index (Phi) is 3.72. The van der Waals surface area contributed by atoms with Crippen LogP contribution >= 0.6 is 0 Å². The van der Waals surface area contributed by atoms with Crippen LogP contribution in [0.15, 0.2) is 0 Å². The zero-order valence-corrected chi connectivity index (χ0v) is 8.49. The molecule has 1 saturated heterocycles. The first-order valence-electron chi connectivity index (χ1n) is 5.13. The Morgan fingerprint density at radius 2 is 2.00 bits per heavy atom. The molecule has 0 spiro atoms.